The monoisotopic (exact) mass is 249 g/mol. The Labute approximate surface area is 107 Å². The molecule has 5 heteroatoms. The number of hydrogen-bond acceptors (Lipinski definition) is 3. The number of rotatable bonds is 5. The minimum Gasteiger partial charge on any atom is -0.345 e. The lowest BCUT2D eigenvalue weighted by Gasteiger charge is -2.14. The number of para-hydroxylation sites is 1. The van der Waals surface area contributed by atoms with E-state index >= 15 is 0 Å². The molecule has 0 aliphatic carbocycles. The summed E-state index contributed by atoms with van der Waals surface area (Å²) in [4.78, 5) is 25.0. The molecule has 3 N–H and O–H groups in total. The molecule has 0 aliphatic rings. The summed E-state index contributed by atoms with van der Waals surface area (Å²) in [5, 5.41) is 2.74. The van der Waals surface area contributed by atoms with E-state index in [1.807, 2.05) is 0 Å². The number of nitrogens with two attached hydrogens (primary N) is 1. The molecule has 1 rings (SSSR count). The molecule has 0 aliphatic heterocycles. The zero-order valence-electron chi connectivity index (χ0n) is 10.8. The van der Waals surface area contributed by atoms with Crippen LogP contribution in [0.3, 0.4) is 0 Å². The molecule has 0 spiro atoms. The van der Waals surface area contributed by atoms with E-state index in [0.717, 1.165) is 0 Å². The Morgan fingerprint density at radius 2 is 1.94 bits per heavy atom. The van der Waals surface area contributed by atoms with E-state index in [1.165, 1.54) is 4.90 Å². The number of anilines is 1. The SMILES string of the molecule is CN(C)C(=O)c1ccccc1NC(=O)CCCN. The highest BCUT2D eigenvalue weighted by atomic mass is 16.2. The Balaban J connectivity index is 2.82. The summed E-state index contributed by atoms with van der Waals surface area (Å²) in [6.07, 6.45) is 0.997. The molecule has 0 unspecified atom stereocenters. The van der Waals surface area contributed by atoms with E-state index in [2.05, 4.69) is 5.32 Å². The van der Waals surface area contributed by atoms with Crippen LogP contribution in [0.25, 0.3) is 0 Å². The van der Waals surface area contributed by atoms with Gasteiger partial charge in [0.25, 0.3) is 5.91 Å². The molecule has 0 aromatic heterocycles. The van der Waals surface area contributed by atoms with Gasteiger partial charge in [0.2, 0.25) is 5.91 Å². The van der Waals surface area contributed by atoms with Crippen LogP contribution in [-0.4, -0.2) is 37.4 Å². The second kappa shape index (κ2) is 6.76. The van der Waals surface area contributed by atoms with Gasteiger partial charge in [-0.1, -0.05) is 12.1 Å². The third-order valence-corrected chi connectivity index (χ3v) is 2.45. The van der Waals surface area contributed by atoms with Gasteiger partial charge in [-0.15, -0.1) is 0 Å². The van der Waals surface area contributed by atoms with E-state index in [9.17, 15) is 9.59 Å². The van der Waals surface area contributed by atoms with E-state index in [-0.39, 0.29) is 11.8 Å². The average molecular weight is 249 g/mol. The summed E-state index contributed by atoms with van der Waals surface area (Å²) in [6.45, 7) is 0.478. The van der Waals surface area contributed by atoms with E-state index in [0.29, 0.717) is 30.6 Å². The smallest absolute Gasteiger partial charge is 0.255 e. The first-order valence-electron chi connectivity index (χ1n) is 5.87. The van der Waals surface area contributed by atoms with Crippen LogP contribution in [-0.2, 0) is 4.79 Å². The quantitative estimate of drug-likeness (QED) is 0.819. The zero-order valence-corrected chi connectivity index (χ0v) is 10.8. The first kappa shape index (κ1) is 14.2. The molecule has 1 aromatic carbocycles. The zero-order chi connectivity index (χ0) is 13.5. The number of nitrogens with zero attached hydrogens (tertiary/aromatic N) is 1. The Morgan fingerprint density at radius 1 is 1.28 bits per heavy atom. The summed E-state index contributed by atoms with van der Waals surface area (Å²) < 4.78 is 0. The van der Waals surface area contributed by atoms with Crippen LogP contribution in [0.15, 0.2) is 24.3 Å². The topological polar surface area (TPSA) is 75.4 Å². The van der Waals surface area contributed by atoms with Crippen LogP contribution < -0.4 is 11.1 Å². The van der Waals surface area contributed by atoms with Gasteiger partial charge in [-0.05, 0) is 25.1 Å². The summed E-state index contributed by atoms with van der Waals surface area (Å²) in [6, 6.07) is 6.97. The van der Waals surface area contributed by atoms with Crippen molar-refractivity contribution in [2.75, 3.05) is 26.0 Å². The van der Waals surface area contributed by atoms with Gasteiger partial charge in [-0.3, -0.25) is 9.59 Å². The van der Waals surface area contributed by atoms with Crippen molar-refractivity contribution in [3.05, 3.63) is 29.8 Å². The lowest BCUT2D eigenvalue weighted by molar-refractivity contribution is -0.116. The molecule has 0 bridgehead atoms. The van der Waals surface area contributed by atoms with Crippen molar-refractivity contribution in [1.29, 1.82) is 0 Å². The highest BCUT2D eigenvalue weighted by molar-refractivity contribution is 6.03. The molecule has 98 valence electrons. The number of nitrogens with one attached hydrogen (secondary N) is 1. The number of hydrogen-bond donors (Lipinski definition) is 2. The van der Waals surface area contributed by atoms with Crippen LogP contribution in [0.5, 0.6) is 0 Å². The van der Waals surface area contributed by atoms with E-state index < -0.39 is 0 Å². The average Bonchev–Trinajstić information content (AvgIpc) is 2.36. The Bertz CT molecular complexity index is 430. The largest absolute Gasteiger partial charge is 0.345 e. The van der Waals surface area contributed by atoms with Crippen LogP contribution in [0.1, 0.15) is 23.2 Å². The molecule has 5 nitrogen and oxygen atoms in total. The summed E-state index contributed by atoms with van der Waals surface area (Å²) in [5.41, 5.74) is 6.38. The minimum atomic E-state index is -0.135. The first-order chi connectivity index (χ1) is 8.56. The molecule has 0 radical (unpaired) electrons. The Morgan fingerprint density at radius 3 is 2.56 bits per heavy atom. The predicted octanol–water partition coefficient (Wildman–Crippen LogP) is 1.07. The fraction of sp³-hybridized carbons (Fsp3) is 0.385. The van der Waals surface area contributed by atoms with Gasteiger partial charge in [0.15, 0.2) is 0 Å². The molecule has 18 heavy (non-hydrogen) atoms. The van der Waals surface area contributed by atoms with Crippen molar-refractivity contribution in [3.63, 3.8) is 0 Å². The van der Waals surface area contributed by atoms with E-state index in [1.54, 1.807) is 38.4 Å². The van der Waals surface area contributed by atoms with Gasteiger partial charge in [-0.2, -0.15) is 0 Å². The molecule has 2 amide bonds. The van der Waals surface area contributed by atoms with Gasteiger partial charge in [-0.25, -0.2) is 0 Å². The van der Waals surface area contributed by atoms with Crippen LogP contribution in [0.2, 0.25) is 0 Å². The predicted molar refractivity (Wildman–Crippen MR) is 71.4 cm³/mol. The van der Waals surface area contributed by atoms with Crippen LogP contribution >= 0.6 is 0 Å². The van der Waals surface area contributed by atoms with Gasteiger partial charge in [0.05, 0.1) is 11.3 Å². The lowest BCUT2D eigenvalue weighted by atomic mass is 10.1. The van der Waals surface area contributed by atoms with Crippen molar-refractivity contribution >= 4 is 17.5 Å². The normalized spacial score (nSPS) is 9.94. The molecule has 1 aromatic rings. The fourth-order valence-electron chi connectivity index (χ4n) is 1.49. The van der Waals surface area contributed by atoms with Gasteiger partial charge < -0.3 is 16.0 Å². The third kappa shape index (κ3) is 3.85. The summed E-state index contributed by atoms with van der Waals surface area (Å²) in [7, 11) is 3.35. The van der Waals surface area contributed by atoms with Crippen LogP contribution in [0, 0.1) is 0 Å². The number of benzene rings is 1. The standard InChI is InChI=1S/C13H19N3O2/c1-16(2)13(18)10-6-3-4-7-11(10)15-12(17)8-5-9-14/h3-4,6-7H,5,8-9,14H2,1-2H3,(H,15,17). The van der Waals surface area contributed by atoms with Crippen molar-refractivity contribution < 1.29 is 9.59 Å². The highest BCUT2D eigenvalue weighted by Crippen LogP contribution is 2.16. The Kier molecular flexibility index (Phi) is 5.32. The van der Waals surface area contributed by atoms with Crippen molar-refractivity contribution in [2.24, 2.45) is 5.73 Å². The molecule has 0 fully saturated rings. The summed E-state index contributed by atoms with van der Waals surface area (Å²) in [5.74, 6) is -0.260. The number of carbonyl (C=O) groups is 2. The molecular formula is C13H19N3O2. The van der Waals surface area contributed by atoms with Crippen molar-refractivity contribution in [3.8, 4) is 0 Å². The number of amides is 2. The highest BCUT2D eigenvalue weighted by Gasteiger charge is 2.14. The molecule has 0 heterocycles. The fourth-order valence-corrected chi connectivity index (χ4v) is 1.49. The first-order valence-corrected chi connectivity index (χ1v) is 5.87. The third-order valence-electron chi connectivity index (χ3n) is 2.45. The van der Waals surface area contributed by atoms with Gasteiger partial charge in [0, 0.05) is 20.5 Å². The van der Waals surface area contributed by atoms with Gasteiger partial charge in [0.1, 0.15) is 0 Å². The van der Waals surface area contributed by atoms with Crippen LogP contribution in [0.4, 0.5) is 5.69 Å². The lowest BCUT2D eigenvalue weighted by Crippen LogP contribution is -2.24. The summed E-state index contributed by atoms with van der Waals surface area (Å²) >= 11 is 0. The maximum Gasteiger partial charge on any atom is 0.255 e. The second-order valence-corrected chi connectivity index (χ2v) is 4.19. The Hall–Kier alpha value is -1.88. The van der Waals surface area contributed by atoms with Gasteiger partial charge >= 0.3 is 0 Å². The van der Waals surface area contributed by atoms with Crippen molar-refractivity contribution in [2.45, 2.75) is 12.8 Å². The molecule has 0 atom stereocenters. The molecule has 0 saturated carbocycles. The second-order valence-electron chi connectivity index (χ2n) is 4.19. The maximum absolute atomic E-state index is 11.9. The van der Waals surface area contributed by atoms with Crippen molar-refractivity contribution in [1.82, 2.24) is 4.90 Å². The minimum absolute atomic E-state index is 0.126. The number of carbonyl (C=O) groups excluding carboxylic acids is 2. The molecular weight excluding hydrogens is 230 g/mol. The molecule has 0 saturated heterocycles. The maximum atomic E-state index is 11.9. The van der Waals surface area contributed by atoms with E-state index in [4.69, 9.17) is 5.73 Å².